The highest BCUT2D eigenvalue weighted by Crippen LogP contribution is 2.24. The molecule has 1 saturated heterocycles. The first kappa shape index (κ1) is 12.7. The van der Waals surface area contributed by atoms with Crippen LogP contribution < -0.4 is 0 Å². The number of carbonyl (C=O) groups is 2. The van der Waals surface area contributed by atoms with Gasteiger partial charge in [0.15, 0.2) is 0 Å². The molecule has 92 valence electrons. The minimum atomic E-state index is -1.28. The summed E-state index contributed by atoms with van der Waals surface area (Å²) in [5.74, 6) is -0.839. The molecule has 2 atom stereocenters. The predicted molar refractivity (Wildman–Crippen MR) is 53.9 cm³/mol. The lowest BCUT2D eigenvalue weighted by Crippen LogP contribution is -2.44. The van der Waals surface area contributed by atoms with Crippen molar-refractivity contribution in [1.29, 1.82) is 0 Å². The molecular formula is C10H16FNO4. The molecule has 0 bridgehead atoms. The molecule has 1 amide bonds. The second-order valence-electron chi connectivity index (χ2n) is 3.80. The van der Waals surface area contributed by atoms with E-state index in [0.29, 0.717) is 6.42 Å². The van der Waals surface area contributed by atoms with Gasteiger partial charge in [0.05, 0.1) is 19.6 Å². The molecule has 0 aromatic heterocycles. The number of halogens is 1. The average Bonchev–Trinajstić information content (AvgIpc) is 2.21. The van der Waals surface area contributed by atoms with Crippen molar-refractivity contribution in [2.24, 2.45) is 5.92 Å². The lowest BCUT2D eigenvalue weighted by molar-refractivity contribution is -0.145. The van der Waals surface area contributed by atoms with Gasteiger partial charge in [0.25, 0.3) is 0 Å². The quantitative estimate of drug-likeness (QED) is 0.745. The summed E-state index contributed by atoms with van der Waals surface area (Å²) in [6.45, 7) is 2.10. The van der Waals surface area contributed by atoms with Crippen molar-refractivity contribution in [2.75, 3.05) is 19.7 Å². The molecule has 1 heterocycles. The molecule has 16 heavy (non-hydrogen) atoms. The third-order valence-corrected chi connectivity index (χ3v) is 2.68. The second kappa shape index (κ2) is 5.67. The van der Waals surface area contributed by atoms with Crippen molar-refractivity contribution in [3.63, 3.8) is 0 Å². The van der Waals surface area contributed by atoms with Crippen molar-refractivity contribution in [3.05, 3.63) is 0 Å². The molecule has 0 spiro atoms. The Hall–Kier alpha value is -1.33. The average molecular weight is 233 g/mol. The molecule has 0 unspecified atom stereocenters. The molecule has 1 rings (SSSR count). The number of carbonyl (C=O) groups excluding carboxylic acids is 1. The summed E-state index contributed by atoms with van der Waals surface area (Å²) < 4.78 is 18.3. The second-order valence-corrected chi connectivity index (χ2v) is 3.80. The topological polar surface area (TPSA) is 66.8 Å². The molecular weight excluding hydrogens is 217 g/mol. The number of esters is 1. The molecule has 0 radical (unpaired) electrons. The van der Waals surface area contributed by atoms with Gasteiger partial charge in [-0.2, -0.15) is 0 Å². The maximum absolute atomic E-state index is 13.5. The summed E-state index contributed by atoms with van der Waals surface area (Å²) in [4.78, 5) is 22.8. The fraction of sp³-hybridized carbons (Fsp3) is 0.800. The Morgan fingerprint density at radius 1 is 1.56 bits per heavy atom. The zero-order chi connectivity index (χ0) is 12.1. The maximum atomic E-state index is 13.5. The van der Waals surface area contributed by atoms with E-state index >= 15 is 0 Å². The van der Waals surface area contributed by atoms with Gasteiger partial charge in [0, 0.05) is 12.5 Å². The molecule has 0 saturated carbocycles. The van der Waals surface area contributed by atoms with Crippen molar-refractivity contribution in [3.8, 4) is 0 Å². The SMILES string of the molecule is CCOC(=O)C[C@@H]1CCN(C(=O)O)C[C@H]1F. The van der Waals surface area contributed by atoms with Crippen LogP contribution in [0.2, 0.25) is 0 Å². The van der Waals surface area contributed by atoms with Crippen LogP contribution >= 0.6 is 0 Å². The van der Waals surface area contributed by atoms with Gasteiger partial charge in [0.1, 0.15) is 6.17 Å². The zero-order valence-electron chi connectivity index (χ0n) is 9.19. The van der Waals surface area contributed by atoms with E-state index in [2.05, 4.69) is 0 Å². The standard InChI is InChI=1S/C10H16FNO4/c1-2-16-9(13)5-7-3-4-12(10(14)15)6-8(7)11/h7-8H,2-6H2,1H3,(H,14,15)/t7-,8+/m0/s1. The minimum Gasteiger partial charge on any atom is -0.466 e. The number of carboxylic acid groups (broad SMARTS) is 1. The lowest BCUT2D eigenvalue weighted by atomic mass is 9.92. The van der Waals surface area contributed by atoms with Crippen LogP contribution in [0.4, 0.5) is 9.18 Å². The third-order valence-electron chi connectivity index (χ3n) is 2.68. The monoisotopic (exact) mass is 233 g/mol. The number of ether oxygens (including phenoxy) is 1. The van der Waals surface area contributed by atoms with Crippen LogP contribution in [0.25, 0.3) is 0 Å². The van der Waals surface area contributed by atoms with Crippen molar-refractivity contribution < 1.29 is 23.8 Å². The number of nitrogens with zero attached hydrogens (tertiary/aromatic N) is 1. The lowest BCUT2D eigenvalue weighted by Gasteiger charge is -2.32. The van der Waals surface area contributed by atoms with Gasteiger partial charge in [-0.25, -0.2) is 9.18 Å². The van der Waals surface area contributed by atoms with Crippen LogP contribution in [0.1, 0.15) is 19.8 Å². The number of hydrogen-bond donors (Lipinski definition) is 1. The van der Waals surface area contributed by atoms with E-state index in [1.54, 1.807) is 6.92 Å². The number of hydrogen-bond acceptors (Lipinski definition) is 3. The summed E-state index contributed by atoms with van der Waals surface area (Å²) in [5.41, 5.74) is 0. The molecule has 1 aliphatic rings. The maximum Gasteiger partial charge on any atom is 0.407 e. The van der Waals surface area contributed by atoms with E-state index in [4.69, 9.17) is 9.84 Å². The Labute approximate surface area is 93.2 Å². The van der Waals surface area contributed by atoms with E-state index in [-0.39, 0.29) is 26.1 Å². The largest absolute Gasteiger partial charge is 0.466 e. The molecule has 0 aromatic carbocycles. The summed E-state index contributed by atoms with van der Waals surface area (Å²) in [6.07, 6.45) is -2.00. The van der Waals surface area contributed by atoms with Gasteiger partial charge in [-0.3, -0.25) is 4.79 Å². The zero-order valence-corrected chi connectivity index (χ0v) is 9.19. The molecule has 1 fully saturated rings. The van der Waals surface area contributed by atoms with Crippen LogP contribution in [0, 0.1) is 5.92 Å². The number of likely N-dealkylation sites (tertiary alicyclic amines) is 1. The molecule has 0 aliphatic carbocycles. The highest BCUT2D eigenvalue weighted by atomic mass is 19.1. The Balaban J connectivity index is 2.41. The van der Waals surface area contributed by atoms with Gasteiger partial charge in [0.2, 0.25) is 0 Å². The number of rotatable bonds is 3. The fourth-order valence-corrected chi connectivity index (χ4v) is 1.79. The molecule has 6 heteroatoms. The van der Waals surface area contributed by atoms with E-state index in [0.717, 1.165) is 4.90 Å². The normalized spacial score (nSPS) is 25.2. The highest BCUT2D eigenvalue weighted by molar-refractivity contribution is 5.70. The molecule has 5 nitrogen and oxygen atoms in total. The first-order valence-corrected chi connectivity index (χ1v) is 5.32. The third kappa shape index (κ3) is 3.36. The van der Waals surface area contributed by atoms with Gasteiger partial charge in [-0.1, -0.05) is 0 Å². The van der Waals surface area contributed by atoms with Crippen LogP contribution in [-0.2, 0) is 9.53 Å². The van der Waals surface area contributed by atoms with Crippen LogP contribution in [0.15, 0.2) is 0 Å². The Morgan fingerprint density at radius 2 is 2.25 bits per heavy atom. The van der Waals surface area contributed by atoms with E-state index in [9.17, 15) is 14.0 Å². The van der Waals surface area contributed by atoms with Gasteiger partial charge < -0.3 is 14.7 Å². The Kier molecular flexibility index (Phi) is 4.52. The predicted octanol–water partition coefficient (Wildman–Crippen LogP) is 1.28. The first-order valence-electron chi connectivity index (χ1n) is 5.32. The van der Waals surface area contributed by atoms with Gasteiger partial charge in [-0.15, -0.1) is 0 Å². The number of alkyl halides is 1. The molecule has 0 aromatic rings. The Morgan fingerprint density at radius 3 is 2.75 bits per heavy atom. The summed E-state index contributed by atoms with van der Waals surface area (Å²) >= 11 is 0. The van der Waals surface area contributed by atoms with Gasteiger partial charge in [-0.05, 0) is 13.3 Å². The fourth-order valence-electron chi connectivity index (χ4n) is 1.79. The first-order chi connectivity index (χ1) is 7.54. The minimum absolute atomic E-state index is 0.0302. The van der Waals surface area contributed by atoms with Crippen molar-refractivity contribution in [2.45, 2.75) is 25.9 Å². The summed E-state index contributed by atoms with van der Waals surface area (Å²) in [7, 11) is 0. The molecule has 1 N–H and O–H groups in total. The van der Waals surface area contributed by atoms with E-state index in [1.165, 1.54) is 0 Å². The smallest absolute Gasteiger partial charge is 0.407 e. The van der Waals surface area contributed by atoms with E-state index < -0.39 is 24.2 Å². The molecule has 1 aliphatic heterocycles. The van der Waals surface area contributed by atoms with Crippen LogP contribution in [-0.4, -0.2) is 47.9 Å². The Bertz CT molecular complexity index is 272. The van der Waals surface area contributed by atoms with Crippen LogP contribution in [0.3, 0.4) is 0 Å². The summed E-state index contributed by atoms with van der Waals surface area (Å²) in [6, 6.07) is 0. The van der Waals surface area contributed by atoms with E-state index in [1.807, 2.05) is 0 Å². The number of amides is 1. The number of piperidine rings is 1. The summed E-state index contributed by atoms with van der Waals surface area (Å²) in [5, 5.41) is 8.68. The van der Waals surface area contributed by atoms with Crippen molar-refractivity contribution in [1.82, 2.24) is 4.90 Å². The van der Waals surface area contributed by atoms with Gasteiger partial charge >= 0.3 is 12.1 Å². The van der Waals surface area contributed by atoms with Crippen molar-refractivity contribution >= 4 is 12.1 Å². The van der Waals surface area contributed by atoms with Crippen LogP contribution in [0.5, 0.6) is 0 Å². The highest BCUT2D eigenvalue weighted by Gasteiger charge is 2.32.